The molecule has 0 saturated carbocycles. The predicted molar refractivity (Wildman–Crippen MR) is 56.0 cm³/mol. The van der Waals surface area contributed by atoms with Crippen LogP contribution in [0.3, 0.4) is 0 Å². The number of fused-ring (bicyclic) bond motifs is 1. The summed E-state index contributed by atoms with van der Waals surface area (Å²) in [6, 6.07) is 4.89. The number of phenolic OH excluding ortho intramolecular Hbond substituents is 1. The molecule has 1 aromatic carbocycles. The van der Waals surface area contributed by atoms with Crippen LogP contribution in [0.5, 0.6) is 11.5 Å². The number of rotatable bonds is 1. The van der Waals surface area contributed by atoms with Crippen LogP contribution in [0.25, 0.3) is 10.9 Å². The highest BCUT2D eigenvalue weighted by Crippen LogP contribution is 2.32. The van der Waals surface area contributed by atoms with Gasteiger partial charge >= 0.3 is 5.97 Å². The van der Waals surface area contributed by atoms with Crippen molar-refractivity contribution in [2.75, 3.05) is 0 Å². The maximum absolute atomic E-state index is 10.9. The summed E-state index contributed by atoms with van der Waals surface area (Å²) in [5.41, 5.74) is 1.60. The normalized spacial score (nSPS) is 10.5. The third-order valence-electron chi connectivity index (χ3n) is 2.16. The van der Waals surface area contributed by atoms with Gasteiger partial charge in [0.15, 0.2) is 5.75 Å². The van der Waals surface area contributed by atoms with E-state index in [-0.39, 0.29) is 11.7 Å². The van der Waals surface area contributed by atoms with Gasteiger partial charge in [-0.2, -0.15) is 0 Å². The van der Waals surface area contributed by atoms with E-state index >= 15 is 0 Å². The topological polar surface area (TPSA) is 62.3 Å². The highest BCUT2D eigenvalue weighted by Gasteiger charge is 2.11. The number of aryl methyl sites for hydroxylation is 1. The average Bonchev–Trinajstić information content (AvgIpc) is 2.43. The maximum Gasteiger partial charge on any atom is 0.308 e. The molecule has 0 amide bonds. The van der Waals surface area contributed by atoms with Gasteiger partial charge in [-0.15, -0.1) is 0 Å². The van der Waals surface area contributed by atoms with Gasteiger partial charge in [0.25, 0.3) is 0 Å². The second-order valence-electron chi connectivity index (χ2n) is 3.40. The molecule has 0 spiro atoms. The van der Waals surface area contributed by atoms with Crippen molar-refractivity contribution < 1.29 is 14.6 Å². The van der Waals surface area contributed by atoms with Crippen LogP contribution in [-0.4, -0.2) is 16.1 Å². The lowest BCUT2D eigenvalue weighted by molar-refractivity contribution is -0.131. The Morgan fingerprint density at radius 3 is 2.87 bits per heavy atom. The van der Waals surface area contributed by atoms with E-state index in [1.807, 2.05) is 6.92 Å². The van der Waals surface area contributed by atoms with Crippen molar-refractivity contribution in [1.29, 1.82) is 0 Å². The first kappa shape index (κ1) is 9.58. The SMILES string of the molecule is CC(=O)Oc1c(C)[nH]c2ccc(O)cc12. The Morgan fingerprint density at radius 1 is 1.47 bits per heavy atom. The van der Waals surface area contributed by atoms with E-state index < -0.39 is 0 Å². The minimum absolute atomic E-state index is 0.148. The van der Waals surface area contributed by atoms with Gasteiger partial charge in [0, 0.05) is 17.8 Å². The van der Waals surface area contributed by atoms with Crippen LogP contribution in [0.4, 0.5) is 0 Å². The number of carbonyl (C=O) groups is 1. The summed E-state index contributed by atoms with van der Waals surface area (Å²) in [7, 11) is 0. The number of H-pyrrole nitrogens is 1. The lowest BCUT2D eigenvalue weighted by Crippen LogP contribution is -2.01. The van der Waals surface area contributed by atoms with Crippen LogP contribution in [0.2, 0.25) is 0 Å². The summed E-state index contributed by atoms with van der Waals surface area (Å²) in [6.07, 6.45) is 0. The van der Waals surface area contributed by atoms with E-state index in [0.717, 1.165) is 11.2 Å². The standard InChI is InChI=1S/C11H11NO3/c1-6-11(15-7(2)13)9-5-8(14)3-4-10(9)12-6/h3-5,12,14H,1-2H3. The number of nitrogens with one attached hydrogen (secondary N) is 1. The predicted octanol–water partition coefficient (Wildman–Crippen LogP) is 2.11. The fourth-order valence-electron chi connectivity index (χ4n) is 1.57. The molecule has 78 valence electrons. The van der Waals surface area contributed by atoms with Crippen LogP contribution in [0.1, 0.15) is 12.6 Å². The van der Waals surface area contributed by atoms with Crippen molar-refractivity contribution in [1.82, 2.24) is 4.98 Å². The van der Waals surface area contributed by atoms with Crippen LogP contribution >= 0.6 is 0 Å². The third kappa shape index (κ3) is 1.66. The van der Waals surface area contributed by atoms with E-state index in [1.165, 1.54) is 6.92 Å². The third-order valence-corrected chi connectivity index (χ3v) is 2.16. The van der Waals surface area contributed by atoms with Gasteiger partial charge < -0.3 is 14.8 Å². The lowest BCUT2D eigenvalue weighted by Gasteiger charge is -2.00. The number of aromatic nitrogens is 1. The largest absolute Gasteiger partial charge is 0.508 e. The van der Waals surface area contributed by atoms with Crippen molar-refractivity contribution >= 4 is 16.9 Å². The minimum atomic E-state index is -0.373. The lowest BCUT2D eigenvalue weighted by atomic mass is 10.2. The van der Waals surface area contributed by atoms with E-state index in [0.29, 0.717) is 11.1 Å². The molecule has 0 bridgehead atoms. The molecular weight excluding hydrogens is 194 g/mol. The molecule has 1 aromatic heterocycles. The van der Waals surface area contributed by atoms with Gasteiger partial charge in [0.05, 0.1) is 5.69 Å². The number of esters is 1. The molecule has 4 nitrogen and oxygen atoms in total. The molecular formula is C11H11NO3. The minimum Gasteiger partial charge on any atom is -0.508 e. The zero-order valence-electron chi connectivity index (χ0n) is 8.50. The first-order valence-corrected chi connectivity index (χ1v) is 4.57. The smallest absolute Gasteiger partial charge is 0.308 e. The Kier molecular flexibility index (Phi) is 2.11. The summed E-state index contributed by atoms with van der Waals surface area (Å²) in [6.45, 7) is 3.16. The number of aromatic hydroxyl groups is 1. The fourth-order valence-corrected chi connectivity index (χ4v) is 1.57. The molecule has 2 aromatic rings. The monoisotopic (exact) mass is 205 g/mol. The average molecular weight is 205 g/mol. The van der Waals surface area contributed by atoms with Crippen LogP contribution in [0.15, 0.2) is 18.2 Å². The molecule has 0 aliphatic carbocycles. The van der Waals surface area contributed by atoms with Crippen molar-refractivity contribution in [3.05, 3.63) is 23.9 Å². The molecule has 15 heavy (non-hydrogen) atoms. The van der Waals surface area contributed by atoms with Crippen LogP contribution in [-0.2, 0) is 4.79 Å². The summed E-state index contributed by atoms with van der Waals surface area (Å²) >= 11 is 0. The maximum atomic E-state index is 10.9. The molecule has 0 aliphatic rings. The Labute approximate surface area is 86.5 Å². The molecule has 4 heteroatoms. The highest BCUT2D eigenvalue weighted by molar-refractivity contribution is 5.90. The molecule has 0 atom stereocenters. The Bertz CT molecular complexity index is 528. The van der Waals surface area contributed by atoms with E-state index in [1.54, 1.807) is 18.2 Å². The van der Waals surface area contributed by atoms with Crippen molar-refractivity contribution in [2.24, 2.45) is 0 Å². The van der Waals surface area contributed by atoms with Crippen molar-refractivity contribution in [3.63, 3.8) is 0 Å². The van der Waals surface area contributed by atoms with Gasteiger partial charge in [0.2, 0.25) is 0 Å². The number of hydrogen-bond acceptors (Lipinski definition) is 3. The molecule has 0 aliphatic heterocycles. The van der Waals surface area contributed by atoms with Gasteiger partial charge in [-0.25, -0.2) is 0 Å². The highest BCUT2D eigenvalue weighted by atomic mass is 16.5. The quantitative estimate of drug-likeness (QED) is 0.701. The second-order valence-corrected chi connectivity index (χ2v) is 3.40. The first-order valence-electron chi connectivity index (χ1n) is 4.57. The zero-order chi connectivity index (χ0) is 11.0. The second kappa shape index (κ2) is 3.31. The number of aromatic amines is 1. The Morgan fingerprint density at radius 2 is 2.20 bits per heavy atom. The molecule has 0 saturated heterocycles. The van der Waals surface area contributed by atoms with E-state index in [9.17, 15) is 9.90 Å². The summed E-state index contributed by atoms with van der Waals surface area (Å²) in [5.74, 6) is 0.255. The number of carbonyl (C=O) groups excluding carboxylic acids is 1. The fraction of sp³-hybridized carbons (Fsp3) is 0.182. The van der Waals surface area contributed by atoms with Crippen molar-refractivity contribution in [2.45, 2.75) is 13.8 Å². The number of phenols is 1. The first-order chi connectivity index (χ1) is 7.08. The van der Waals surface area contributed by atoms with Crippen LogP contribution in [0, 0.1) is 6.92 Å². The molecule has 0 fully saturated rings. The number of benzene rings is 1. The van der Waals surface area contributed by atoms with E-state index in [2.05, 4.69) is 4.98 Å². The number of ether oxygens (including phenoxy) is 1. The van der Waals surface area contributed by atoms with Gasteiger partial charge in [0.1, 0.15) is 5.75 Å². The number of hydrogen-bond donors (Lipinski definition) is 2. The summed E-state index contributed by atoms with van der Waals surface area (Å²) in [4.78, 5) is 14.0. The van der Waals surface area contributed by atoms with Crippen LogP contribution < -0.4 is 4.74 Å². The zero-order valence-corrected chi connectivity index (χ0v) is 8.50. The Hall–Kier alpha value is -1.97. The van der Waals surface area contributed by atoms with Gasteiger partial charge in [-0.05, 0) is 25.1 Å². The Balaban J connectivity index is 2.65. The van der Waals surface area contributed by atoms with Gasteiger partial charge in [-0.1, -0.05) is 0 Å². The van der Waals surface area contributed by atoms with Crippen molar-refractivity contribution in [3.8, 4) is 11.5 Å². The summed E-state index contributed by atoms with van der Waals surface area (Å²) < 4.78 is 5.07. The molecule has 1 heterocycles. The van der Waals surface area contributed by atoms with E-state index in [4.69, 9.17) is 4.74 Å². The summed E-state index contributed by atoms with van der Waals surface area (Å²) in [5, 5.41) is 10.1. The van der Waals surface area contributed by atoms with Gasteiger partial charge in [-0.3, -0.25) is 4.79 Å². The molecule has 2 N–H and O–H groups in total. The molecule has 0 radical (unpaired) electrons. The molecule has 2 rings (SSSR count). The molecule has 0 unspecified atom stereocenters.